The first-order valence-corrected chi connectivity index (χ1v) is 12.5. The van der Waals surface area contributed by atoms with Gasteiger partial charge in [-0.2, -0.15) is 0 Å². The molecule has 35 heavy (non-hydrogen) atoms. The number of nitrogens with two attached hydrogens (primary N) is 1. The molecule has 184 valence electrons. The minimum Gasteiger partial charge on any atom is -0.493 e. The van der Waals surface area contributed by atoms with Crippen molar-refractivity contribution in [2.24, 2.45) is 5.73 Å². The Morgan fingerprint density at radius 3 is 2.06 bits per heavy atom. The summed E-state index contributed by atoms with van der Waals surface area (Å²) in [6.07, 6.45) is 1.05. The Hall–Kier alpha value is -3.76. The summed E-state index contributed by atoms with van der Waals surface area (Å²) in [5.41, 5.74) is 6.69. The fourth-order valence-electron chi connectivity index (χ4n) is 3.31. The molecule has 0 spiro atoms. The highest BCUT2D eigenvalue weighted by atomic mass is 35.5. The lowest BCUT2D eigenvalue weighted by molar-refractivity contribution is 0.0998. The lowest BCUT2D eigenvalue weighted by Crippen LogP contribution is -2.31. The molecule has 3 aromatic rings. The van der Waals surface area contributed by atoms with Gasteiger partial charge in [0.1, 0.15) is 0 Å². The maximum absolute atomic E-state index is 13.3. The zero-order valence-electron chi connectivity index (χ0n) is 19.2. The number of anilines is 2. The summed E-state index contributed by atoms with van der Waals surface area (Å²) in [6, 6.07) is 15.5. The maximum Gasteiger partial charge on any atom is 0.257 e. The molecule has 0 heterocycles. The van der Waals surface area contributed by atoms with Crippen LogP contribution in [0.1, 0.15) is 26.3 Å². The number of nitrogens with zero attached hydrogens (tertiary/aromatic N) is 1. The number of nitrogens with one attached hydrogen (secondary N) is 1. The minimum atomic E-state index is -3.84. The Balaban J connectivity index is 2.09. The Labute approximate surface area is 208 Å². The summed E-state index contributed by atoms with van der Waals surface area (Å²) in [7, 11) is -1.03. The molecule has 11 heteroatoms. The van der Waals surface area contributed by atoms with Crippen LogP contribution in [0.3, 0.4) is 0 Å². The number of benzene rings is 3. The van der Waals surface area contributed by atoms with Crippen LogP contribution in [0.15, 0.2) is 60.7 Å². The standard InChI is InChI=1S/C24H24ClN3O6S/c1-33-21-12-19(24(30)27-18-10-6-16(7-11-18)23(26)29)20(13-22(21)34-2)28(35(3,31)32)14-15-4-8-17(25)9-5-15/h4-13H,14H2,1-3H3,(H2,26,29)(H,27,30). The van der Waals surface area contributed by atoms with E-state index >= 15 is 0 Å². The number of hydrogen-bond acceptors (Lipinski definition) is 6. The average Bonchev–Trinajstić information content (AvgIpc) is 2.82. The van der Waals surface area contributed by atoms with E-state index in [1.807, 2.05) is 0 Å². The molecule has 0 unspecified atom stereocenters. The van der Waals surface area contributed by atoms with Gasteiger partial charge < -0.3 is 20.5 Å². The second-order valence-corrected chi connectivity index (χ2v) is 9.86. The number of carbonyl (C=O) groups is 2. The van der Waals surface area contributed by atoms with Crippen LogP contribution in [0.25, 0.3) is 0 Å². The molecule has 0 aliphatic heterocycles. The van der Waals surface area contributed by atoms with Gasteiger partial charge in [0.25, 0.3) is 5.91 Å². The zero-order chi connectivity index (χ0) is 25.8. The topological polar surface area (TPSA) is 128 Å². The smallest absolute Gasteiger partial charge is 0.257 e. The van der Waals surface area contributed by atoms with Crippen molar-refractivity contribution in [3.05, 3.63) is 82.4 Å². The van der Waals surface area contributed by atoms with Gasteiger partial charge in [-0.15, -0.1) is 0 Å². The van der Waals surface area contributed by atoms with Crippen molar-refractivity contribution in [2.45, 2.75) is 6.54 Å². The van der Waals surface area contributed by atoms with E-state index in [2.05, 4.69) is 5.32 Å². The molecule has 3 aromatic carbocycles. The largest absolute Gasteiger partial charge is 0.493 e. The SMILES string of the molecule is COc1cc(C(=O)Nc2ccc(C(N)=O)cc2)c(N(Cc2ccc(Cl)cc2)S(C)(=O)=O)cc1OC. The molecule has 0 aromatic heterocycles. The Morgan fingerprint density at radius 2 is 1.54 bits per heavy atom. The molecule has 0 aliphatic carbocycles. The lowest BCUT2D eigenvalue weighted by atomic mass is 10.1. The van der Waals surface area contributed by atoms with Crippen molar-refractivity contribution in [1.29, 1.82) is 0 Å². The van der Waals surface area contributed by atoms with Crippen LogP contribution in [0.4, 0.5) is 11.4 Å². The summed E-state index contributed by atoms with van der Waals surface area (Å²) in [4.78, 5) is 24.6. The number of sulfonamides is 1. The van der Waals surface area contributed by atoms with Crippen molar-refractivity contribution in [2.75, 3.05) is 30.1 Å². The number of ether oxygens (including phenoxy) is 2. The van der Waals surface area contributed by atoms with Gasteiger partial charge >= 0.3 is 0 Å². The van der Waals surface area contributed by atoms with Gasteiger partial charge in [0.2, 0.25) is 15.9 Å². The predicted molar refractivity (Wildman–Crippen MR) is 135 cm³/mol. The average molecular weight is 518 g/mol. The van der Waals surface area contributed by atoms with Gasteiger partial charge in [-0.1, -0.05) is 23.7 Å². The first-order chi connectivity index (χ1) is 16.5. The second-order valence-electron chi connectivity index (χ2n) is 7.52. The molecule has 3 N–H and O–H groups in total. The van der Waals surface area contributed by atoms with Crippen LogP contribution < -0.4 is 24.8 Å². The number of carbonyl (C=O) groups excluding carboxylic acids is 2. The molecule has 9 nitrogen and oxygen atoms in total. The van der Waals surface area contributed by atoms with Crippen molar-refractivity contribution >= 4 is 44.8 Å². The molecule has 3 rings (SSSR count). The van der Waals surface area contributed by atoms with Crippen LogP contribution in [0, 0.1) is 0 Å². The third kappa shape index (κ3) is 6.23. The molecule has 0 bridgehead atoms. The van der Waals surface area contributed by atoms with Gasteiger partial charge in [0.05, 0.1) is 38.3 Å². The minimum absolute atomic E-state index is 0.0287. The summed E-state index contributed by atoms with van der Waals surface area (Å²) in [5, 5.41) is 3.21. The Kier molecular flexibility index (Phi) is 7.88. The zero-order valence-corrected chi connectivity index (χ0v) is 20.8. The van der Waals surface area contributed by atoms with Crippen LogP contribution in [-0.4, -0.2) is 40.7 Å². The van der Waals surface area contributed by atoms with Crippen LogP contribution in [0.5, 0.6) is 11.5 Å². The van der Waals surface area contributed by atoms with Crippen molar-refractivity contribution in [3.8, 4) is 11.5 Å². The lowest BCUT2D eigenvalue weighted by Gasteiger charge is -2.26. The normalized spacial score (nSPS) is 11.0. The third-order valence-electron chi connectivity index (χ3n) is 5.08. The number of methoxy groups -OCH3 is 2. The van der Waals surface area contributed by atoms with Crippen LogP contribution in [0.2, 0.25) is 5.02 Å². The molecule has 0 aliphatic rings. The van der Waals surface area contributed by atoms with Crippen LogP contribution in [-0.2, 0) is 16.6 Å². The molecular weight excluding hydrogens is 494 g/mol. The molecule has 0 radical (unpaired) electrons. The fourth-order valence-corrected chi connectivity index (χ4v) is 4.33. The summed E-state index contributed by atoms with van der Waals surface area (Å²) >= 11 is 5.96. The Bertz CT molecular complexity index is 1340. The second kappa shape index (κ2) is 10.7. The quantitative estimate of drug-likeness (QED) is 0.445. The third-order valence-corrected chi connectivity index (χ3v) is 6.46. The van der Waals surface area contributed by atoms with Gasteiger partial charge in [0, 0.05) is 22.3 Å². The highest BCUT2D eigenvalue weighted by molar-refractivity contribution is 7.92. The molecule has 0 saturated heterocycles. The van der Waals surface area contributed by atoms with Crippen molar-refractivity contribution in [1.82, 2.24) is 0 Å². The molecular formula is C24H24ClN3O6S. The maximum atomic E-state index is 13.3. The number of halogens is 1. The number of rotatable bonds is 9. The predicted octanol–water partition coefficient (Wildman–Crippen LogP) is 3.67. The van der Waals surface area contributed by atoms with E-state index in [9.17, 15) is 18.0 Å². The van der Waals surface area contributed by atoms with E-state index < -0.39 is 21.8 Å². The number of hydrogen-bond donors (Lipinski definition) is 2. The van der Waals surface area contributed by atoms with E-state index in [4.69, 9.17) is 26.8 Å². The van der Waals surface area contributed by atoms with E-state index in [-0.39, 0.29) is 34.9 Å². The van der Waals surface area contributed by atoms with Gasteiger partial charge in [-0.3, -0.25) is 13.9 Å². The van der Waals surface area contributed by atoms with Gasteiger partial charge in [-0.05, 0) is 48.0 Å². The monoisotopic (exact) mass is 517 g/mol. The first kappa shape index (κ1) is 25.9. The van der Waals surface area contributed by atoms with E-state index in [0.29, 0.717) is 16.3 Å². The number of primary amides is 1. The highest BCUT2D eigenvalue weighted by Crippen LogP contribution is 2.37. The van der Waals surface area contributed by atoms with Crippen molar-refractivity contribution < 1.29 is 27.5 Å². The fraction of sp³-hybridized carbons (Fsp3) is 0.167. The number of amides is 2. The summed E-state index contributed by atoms with van der Waals surface area (Å²) < 4.78 is 37.5. The summed E-state index contributed by atoms with van der Waals surface area (Å²) in [5.74, 6) is -0.714. The molecule has 2 amide bonds. The Morgan fingerprint density at radius 1 is 0.971 bits per heavy atom. The summed E-state index contributed by atoms with van der Waals surface area (Å²) in [6.45, 7) is -0.0565. The van der Waals surface area contributed by atoms with Gasteiger partial charge in [-0.25, -0.2) is 8.42 Å². The highest BCUT2D eigenvalue weighted by Gasteiger charge is 2.26. The van der Waals surface area contributed by atoms with E-state index in [0.717, 1.165) is 10.6 Å². The molecule has 0 atom stereocenters. The van der Waals surface area contributed by atoms with Crippen molar-refractivity contribution in [3.63, 3.8) is 0 Å². The van der Waals surface area contributed by atoms with E-state index in [1.165, 1.54) is 50.6 Å². The van der Waals surface area contributed by atoms with Gasteiger partial charge in [0.15, 0.2) is 11.5 Å². The van der Waals surface area contributed by atoms with Crippen LogP contribution >= 0.6 is 11.6 Å². The first-order valence-electron chi connectivity index (χ1n) is 10.2. The molecule has 0 fully saturated rings. The molecule has 0 saturated carbocycles. The van der Waals surface area contributed by atoms with E-state index in [1.54, 1.807) is 24.3 Å².